The molecule has 2 N–H and O–H groups in total. The van der Waals surface area contributed by atoms with Gasteiger partial charge in [0.15, 0.2) is 0 Å². The number of amides is 1. The van der Waals surface area contributed by atoms with Crippen molar-refractivity contribution in [2.75, 3.05) is 36.4 Å². The van der Waals surface area contributed by atoms with Crippen LogP contribution in [0.4, 0.5) is 10.3 Å². The second-order valence-corrected chi connectivity index (χ2v) is 7.35. The minimum absolute atomic E-state index is 0.251. The fraction of sp³-hybridized carbons (Fsp3) is 0.412. The van der Waals surface area contributed by atoms with Crippen LogP contribution in [-0.4, -0.2) is 42.3 Å². The molecule has 0 bridgehead atoms. The van der Waals surface area contributed by atoms with E-state index in [1.54, 1.807) is 18.2 Å². The van der Waals surface area contributed by atoms with Crippen LogP contribution in [0.3, 0.4) is 0 Å². The van der Waals surface area contributed by atoms with Crippen molar-refractivity contribution in [3.8, 4) is 6.07 Å². The normalized spacial score (nSPS) is 14.8. The van der Waals surface area contributed by atoms with Crippen LogP contribution >= 0.6 is 11.3 Å². The van der Waals surface area contributed by atoms with Gasteiger partial charge in [-0.15, -0.1) is 10.2 Å². The first-order chi connectivity index (χ1) is 12.0. The lowest BCUT2D eigenvalue weighted by atomic mass is 9.85. The molecule has 1 aromatic heterocycles. The standard InChI is InChI=1S/C17H20N6OS/c1-17(2,11-18)13-5-3-4-12(10-13)14(24)20-15-21-22-16(25-15)23-8-6-19-7-9-23/h3-5,10,19H,6-9H2,1-2H3,(H,20,21,24). The van der Waals surface area contributed by atoms with Crippen molar-refractivity contribution in [2.45, 2.75) is 19.3 Å². The smallest absolute Gasteiger partial charge is 0.257 e. The minimum Gasteiger partial charge on any atom is -0.344 e. The van der Waals surface area contributed by atoms with Gasteiger partial charge in [-0.25, -0.2) is 0 Å². The lowest BCUT2D eigenvalue weighted by Crippen LogP contribution is -2.43. The number of benzene rings is 1. The zero-order valence-electron chi connectivity index (χ0n) is 14.2. The third kappa shape index (κ3) is 3.95. The molecule has 0 aliphatic carbocycles. The lowest BCUT2D eigenvalue weighted by molar-refractivity contribution is 0.102. The summed E-state index contributed by atoms with van der Waals surface area (Å²) in [6.07, 6.45) is 0. The average Bonchev–Trinajstić information content (AvgIpc) is 3.11. The molecule has 1 aliphatic rings. The van der Waals surface area contributed by atoms with E-state index in [0.29, 0.717) is 10.7 Å². The third-order valence-corrected chi connectivity index (χ3v) is 5.05. The molecule has 1 fully saturated rings. The molecule has 1 amide bonds. The van der Waals surface area contributed by atoms with Gasteiger partial charge >= 0.3 is 0 Å². The molecule has 130 valence electrons. The predicted octanol–water partition coefficient (Wildman–Crippen LogP) is 2.00. The van der Waals surface area contributed by atoms with Crippen LogP contribution < -0.4 is 15.5 Å². The molecule has 1 saturated heterocycles. The molecule has 0 unspecified atom stereocenters. The Kier molecular flexibility index (Phi) is 4.97. The van der Waals surface area contributed by atoms with Gasteiger partial charge in [0.2, 0.25) is 10.3 Å². The Morgan fingerprint density at radius 2 is 2.12 bits per heavy atom. The van der Waals surface area contributed by atoms with Crippen LogP contribution in [0.2, 0.25) is 0 Å². The van der Waals surface area contributed by atoms with E-state index in [1.807, 2.05) is 19.9 Å². The van der Waals surface area contributed by atoms with E-state index in [9.17, 15) is 10.1 Å². The van der Waals surface area contributed by atoms with E-state index in [2.05, 4.69) is 31.8 Å². The number of piperazine rings is 1. The van der Waals surface area contributed by atoms with Crippen LogP contribution in [0.5, 0.6) is 0 Å². The molecular weight excluding hydrogens is 336 g/mol. The summed E-state index contributed by atoms with van der Waals surface area (Å²) in [7, 11) is 0. The number of carbonyl (C=O) groups is 1. The molecule has 7 nitrogen and oxygen atoms in total. The first-order valence-electron chi connectivity index (χ1n) is 8.12. The van der Waals surface area contributed by atoms with E-state index in [-0.39, 0.29) is 5.91 Å². The van der Waals surface area contributed by atoms with E-state index >= 15 is 0 Å². The molecule has 1 aliphatic heterocycles. The topological polar surface area (TPSA) is 93.9 Å². The Labute approximate surface area is 150 Å². The number of nitrogens with zero attached hydrogens (tertiary/aromatic N) is 4. The largest absolute Gasteiger partial charge is 0.344 e. The quantitative estimate of drug-likeness (QED) is 0.870. The van der Waals surface area contributed by atoms with Gasteiger partial charge < -0.3 is 10.2 Å². The van der Waals surface area contributed by atoms with Crippen molar-refractivity contribution in [1.82, 2.24) is 15.5 Å². The zero-order chi connectivity index (χ0) is 17.9. The number of aromatic nitrogens is 2. The fourth-order valence-corrected chi connectivity index (χ4v) is 3.32. The van der Waals surface area contributed by atoms with Gasteiger partial charge in [-0.1, -0.05) is 23.5 Å². The van der Waals surface area contributed by atoms with E-state index in [4.69, 9.17) is 0 Å². The van der Waals surface area contributed by atoms with Crippen molar-refractivity contribution in [1.29, 1.82) is 5.26 Å². The molecule has 1 aromatic carbocycles. The maximum atomic E-state index is 12.5. The monoisotopic (exact) mass is 356 g/mol. The Hall–Kier alpha value is -2.50. The Morgan fingerprint density at radius 1 is 1.36 bits per heavy atom. The summed E-state index contributed by atoms with van der Waals surface area (Å²) < 4.78 is 0. The molecule has 2 heterocycles. The van der Waals surface area contributed by atoms with Crippen LogP contribution in [-0.2, 0) is 5.41 Å². The highest BCUT2D eigenvalue weighted by Gasteiger charge is 2.21. The van der Waals surface area contributed by atoms with Crippen molar-refractivity contribution in [3.63, 3.8) is 0 Å². The van der Waals surface area contributed by atoms with E-state index < -0.39 is 5.41 Å². The number of carbonyl (C=O) groups excluding carboxylic acids is 1. The number of hydrogen-bond acceptors (Lipinski definition) is 7. The molecule has 0 saturated carbocycles. The van der Waals surface area contributed by atoms with E-state index in [0.717, 1.165) is 36.9 Å². The Bertz CT molecular complexity index is 803. The maximum Gasteiger partial charge on any atom is 0.257 e. The summed E-state index contributed by atoms with van der Waals surface area (Å²) in [6, 6.07) is 9.37. The minimum atomic E-state index is -0.644. The van der Waals surface area contributed by atoms with Gasteiger partial charge in [-0.05, 0) is 31.5 Å². The second kappa shape index (κ2) is 7.17. The zero-order valence-corrected chi connectivity index (χ0v) is 15.1. The highest BCUT2D eigenvalue weighted by molar-refractivity contribution is 7.19. The average molecular weight is 356 g/mol. The van der Waals surface area contributed by atoms with Gasteiger partial charge in [0.1, 0.15) is 0 Å². The predicted molar refractivity (Wildman–Crippen MR) is 98.0 cm³/mol. The molecule has 2 aromatic rings. The highest BCUT2D eigenvalue weighted by Crippen LogP contribution is 2.26. The molecular formula is C17H20N6OS. The first kappa shape index (κ1) is 17.3. The van der Waals surface area contributed by atoms with Gasteiger partial charge in [0.05, 0.1) is 11.5 Å². The number of hydrogen-bond donors (Lipinski definition) is 2. The number of anilines is 2. The summed E-state index contributed by atoms with van der Waals surface area (Å²) in [4.78, 5) is 14.6. The van der Waals surface area contributed by atoms with Gasteiger partial charge in [0.25, 0.3) is 5.91 Å². The van der Waals surface area contributed by atoms with Gasteiger partial charge in [-0.2, -0.15) is 5.26 Å². The van der Waals surface area contributed by atoms with Crippen LogP contribution in [0.15, 0.2) is 24.3 Å². The number of nitriles is 1. The molecule has 0 radical (unpaired) electrons. The van der Waals surface area contributed by atoms with Crippen LogP contribution in [0.1, 0.15) is 29.8 Å². The summed E-state index contributed by atoms with van der Waals surface area (Å²) in [5.74, 6) is -0.251. The van der Waals surface area contributed by atoms with Crippen LogP contribution in [0.25, 0.3) is 0 Å². The highest BCUT2D eigenvalue weighted by atomic mass is 32.1. The Balaban J connectivity index is 1.72. The SMILES string of the molecule is CC(C)(C#N)c1cccc(C(=O)Nc2nnc(N3CCNCC3)s2)c1. The second-order valence-electron chi connectivity index (χ2n) is 6.40. The number of rotatable bonds is 4. The summed E-state index contributed by atoms with van der Waals surface area (Å²) in [5, 5.41) is 24.9. The molecule has 25 heavy (non-hydrogen) atoms. The molecule has 8 heteroatoms. The van der Waals surface area contributed by atoms with Crippen molar-refractivity contribution < 1.29 is 4.79 Å². The van der Waals surface area contributed by atoms with Crippen LogP contribution in [0, 0.1) is 11.3 Å². The molecule has 0 spiro atoms. The molecule has 0 atom stereocenters. The maximum absolute atomic E-state index is 12.5. The first-order valence-corrected chi connectivity index (χ1v) is 8.93. The van der Waals surface area contributed by atoms with E-state index in [1.165, 1.54) is 11.3 Å². The van der Waals surface area contributed by atoms with Gasteiger partial charge in [-0.3, -0.25) is 10.1 Å². The summed E-state index contributed by atoms with van der Waals surface area (Å²) in [6.45, 7) is 7.26. The third-order valence-electron chi connectivity index (χ3n) is 4.15. The summed E-state index contributed by atoms with van der Waals surface area (Å²) >= 11 is 1.37. The van der Waals surface area contributed by atoms with Gasteiger partial charge in [0, 0.05) is 31.7 Å². The summed E-state index contributed by atoms with van der Waals surface area (Å²) in [5.41, 5.74) is 0.662. The number of nitrogens with one attached hydrogen (secondary N) is 2. The van der Waals surface area contributed by atoms with Crippen molar-refractivity contribution in [2.24, 2.45) is 0 Å². The fourth-order valence-electron chi connectivity index (χ4n) is 2.53. The van der Waals surface area contributed by atoms with Crippen molar-refractivity contribution in [3.05, 3.63) is 35.4 Å². The molecule has 3 rings (SSSR count). The lowest BCUT2D eigenvalue weighted by Gasteiger charge is -2.26. The van der Waals surface area contributed by atoms with Crippen molar-refractivity contribution >= 4 is 27.5 Å². The Morgan fingerprint density at radius 3 is 2.84 bits per heavy atom.